The molecule has 0 radical (unpaired) electrons. The van der Waals surface area contributed by atoms with Crippen molar-refractivity contribution in [3.05, 3.63) is 29.8 Å². The van der Waals surface area contributed by atoms with E-state index in [4.69, 9.17) is 13.6 Å². The number of phosphoric ester groups is 1. The highest BCUT2D eigenvalue weighted by Gasteiger charge is 2.50. The lowest BCUT2D eigenvalue weighted by Crippen LogP contribution is -2.50. The summed E-state index contributed by atoms with van der Waals surface area (Å²) in [6.45, 7) is 3.09. The SMILES string of the molecule is COC(=O)CCNC(=O)[C@@H]1O[P@](=O)(Oc2ccc(C(F)(F)F)cc2)OCC1(C)C. The monoisotopic (exact) mass is 439 g/mol. The van der Waals surface area contributed by atoms with E-state index in [1.165, 1.54) is 7.11 Å². The highest BCUT2D eigenvalue weighted by Crippen LogP contribution is 2.57. The number of nitrogens with one attached hydrogen (secondary N) is 1. The zero-order chi connectivity index (χ0) is 21.9. The molecule has 1 aliphatic heterocycles. The summed E-state index contributed by atoms with van der Waals surface area (Å²) in [5.74, 6) is -1.34. The summed E-state index contributed by atoms with van der Waals surface area (Å²) in [5, 5.41) is 2.48. The van der Waals surface area contributed by atoms with Crippen LogP contribution in [0.1, 0.15) is 25.8 Å². The quantitative estimate of drug-likeness (QED) is 0.536. The Bertz CT molecular complexity index is 795. The Morgan fingerprint density at radius 1 is 1.28 bits per heavy atom. The van der Waals surface area contributed by atoms with Crippen LogP contribution in [-0.2, 0) is 34.1 Å². The summed E-state index contributed by atoms with van der Waals surface area (Å²) < 4.78 is 70.7. The number of benzene rings is 1. The number of hydrogen-bond acceptors (Lipinski definition) is 7. The van der Waals surface area contributed by atoms with Crippen LogP contribution in [0.2, 0.25) is 0 Å². The molecule has 1 aromatic rings. The Kier molecular flexibility index (Phi) is 6.97. The van der Waals surface area contributed by atoms with Crippen LogP contribution in [0, 0.1) is 5.41 Å². The second-order valence-electron chi connectivity index (χ2n) is 6.93. The van der Waals surface area contributed by atoms with Crippen LogP contribution in [0.3, 0.4) is 0 Å². The predicted molar refractivity (Wildman–Crippen MR) is 93.9 cm³/mol. The lowest BCUT2D eigenvalue weighted by Gasteiger charge is -2.39. The summed E-state index contributed by atoms with van der Waals surface area (Å²) in [6, 6.07) is 3.46. The molecular weight excluding hydrogens is 418 g/mol. The number of hydrogen-bond donors (Lipinski definition) is 1. The van der Waals surface area contributed by atoms with E-state index in [1.54, 1.807) is 13.8 Å². The van der Waals surface area contributed by atoms with E-state index in [9.17, 15) is 27.3 Å². The van der Waals surface area contributed by atoms with Crippen molar-refractivity contribution in [1.82, 2.24) is 5.32 Å². The fourth-order valence-electron chi connectivity index (χ4n) is 2.39. The highest BCUT2D eigenvalue weighted by atomic mass is 31.2. The Labute approximate surface area is 165 Å². The van der Waals surface area contributed by atoms with E-state index in [0.29, 0.717) is 0 Å². The van der Waals surface area contributed by atoms with Gasteiger partial charge in [0, 0.05) is 12.0 Å². The van der Waals surface area contributed by atoms with Gasteiger partial charge in [-0.2, -0.15) is 13.2 Å². The van der Waals surface area contributed by atoms with E-state index in [0.717, 1.165) is 24.3 Å². The Morgan fingerprint density at radius 3 is 2.45 bits per heavy atom. The Morgan fingerprint density at radius 2 is 1.90 bits per heavy atom. The second-order valence-corrected chi connectivity index (χ2v) is 8.47. The number of ether oxygens (including phenoxy) is 1. The molecule has 1 amide bonds. The van der Waals surface area contributed by atoms with E-state index in [-0.39, 0.29) is 25.3 Å². The summed E-state index contributed by atoms with van der Waals surface area (Å²) in [6.07, 6.45) is -5.84. The largest absolute Gasteiger partial charge is 0.530 e. The molecule has 1 aromatic carbocycles. The fourth-order valence-corrected chi connectivity index (χ4v) is 4.06. The van der Waals surface area contributed by atoms with E-state index in [1.807, 2.05) is 0 Å². The van der Waals surface area contributed by atoms with Crippen molar-refractivity contribution in [2.45, 2.75) is 32.5 Å². The number of carbonyl (C=O) groups is 2. The zero-order valence-electron chi connectivity index (χ0n) is 15.9. The zero-order valence-corrected chi connectivity index (χ0v) is 16.8. The van der Waals surface area contributed by atoms with Crippen molar-refractivity contribution in [3.8, 4) is 5.75 Å². The molecule has 1 aliphatic rings. The molecule has 2 rings (SSSR count). The molecule has 0 aromatic heterocycles. The number of methoxy groups -OCH3 is 1. The van der Waals surface area contributed by atoms with Gasteiger partial charge in [0.15, 0.2) is 6.10 Å². The third-order valence-electron chi connectivity index (χ3n) is 4.03. The lowest BCUT2D eigenvalue weighted by atomic mass is 9.87. The third kappa shape index (κ3) is 6.19. The molecule has 0 unspecified atom stereocenters. The van der Waals surface area contributed by atoms with Crippen LogP contribution in [0.5, 0.6) is 5.75 Å². The first-order valence-corrected chi connectivity index (χ1v) is 9.97. The first-order valence-electron chi connectivity index (χ1n) is 8.51. The van der Waals surface area contributed by atoms with Gasteiger partial charge in [-0.3, -0.25) is 18.6 Å². The number of amides is 1. The van der Waals surface area contributed by atoms with Gasteiger partial charge >= 0.3 is 20.0 Å². The number of carbonyl (C=O) groups excluding carboxylic acids is 2. The van der Waals surface area contributed by atoms with Crippen LogP contribution in [-0.4, -0.2) is 38.2 Å². The highest BCUT2D eigenvalue weighted by molar-refractivity contribution is 7.49. The van der Waals surface area contributed by atoms with Gasteiger partial charge in [0.25, 0.3) is 5.91 Å². The molecule has 0 bridgehead atoms. The molecule has 2 atom stereocenters. The minimum atomic E-state index is -4.53. The van der Waals surface area contributed by atoms with E-state index in [2.05, 4.69) is 10.1 Å². The van der Waals surface area contributed by atoms with Crippen molar-refractivity contribution in [2.75, 3.05) is 20.3 Å². The fraction of sp³-hybridized carbons (Fsp3) is 0.529. The van der Waals surface area contributed by atoms with Crippen LogP contribution in [0.15, 0.2) is 24.3 Å². The average molecular weight is 439 g/mol. The van der Waals surface area contributed by atoms with Gasteiger partial charge in [0.1, 0.15) is 5.75 Å². The molecule has 162 valence electrons. The van der Waals surface area contributed by atoms with Gasteiger partial charge in [-0.25, -0.2) is 4.57 Å². The Balaban J connectivity index is 2.07. The maximum Gasteiger partial charge on any atom is 0.530 e. The van der Waals surface area contributed by atoms with Crippen LogP contribution in [0.25, 0.3) is 0 Å². The van der Waals surface area contributed by atoms with E-state index >= 15 is 0 Å². The van der Waals surface area contributed by atoms with Crippen molar-refractivity contribution >= 4 is 19.7 Å². The van der Waals surface area contributed by atoms with Gasteiger partial charge in [-0.05, 0) is 24.3 Å². The van der Waals surface area contributed by atoms with Crippen LogP contribution < -0.4 is 9.84 Å². The average Bonchev–Trinajstić information content (AvgIpc) is 2.63. The third-order valence-corrected chi connectivity index (χ3v) is 5.38. The molecule has 1 saturated heterocycles. The number of phosphoric acid groups is 1. The van der Waals surface area contributed by atoms with Crippen molar-refractivity contribution in [1.29, 1.82) is 0 Å². The summed E-state index contributed by atoms with van der Waals surface area (Å²) in [4.78, 5) is 23.6. The van der Waals surface area contributed by atoms with Gasteiger partial charge in [0.2, 0.25) is 0 Å². The van der Waals surface area contributed by atoms with Crippen molar-refractivity contribution in [3.63, 3.8) is 0 Å². The second kappa shape index (κ2) is 8.73. The van der Waals surface area contributed by atoms with Gasteiger partial charge in [0.05, 0.1) is 25.7 Å². The summed E-state index contributed by atoms with van der Waals surface area (Å²) in [5.41, 5.74) is -1.79. The predicted octanol–water partition coefficient (Wildman–Crippen LogP) is 3.31. The number of rotatable bonds is 6. The van der Waals surface area contributed by atoms with Crippen LogP contribution >= 0.6 is 7.82 Å². The van der Waals surface area contributed by atoms with Crippen molar-refractivity contribution < 1.29 is 45.6 Å². The van der Waals surface area contributed by atoms with Crippen LogP contribution in [0.4, 0.5) is 13.2 Å². The minimum Gasteiger partial charge on any atom is -0.469 e. The normalized spacial score (nSPS) is 23.9. The molecule has 1 heterocycles. The van der Waals surface area contributed by atoms with Gasteiger partial charge in [-0.1, -0.05) is 13.8 Å². The maximum absolute atomic E-state index is 12.8. The van der Waals surface area contributed by atoms with E-state index < -0.39 is 43.0 Å². The summed E-state index contributed by atoms with van der Waals surface area (Å²) >= 11 is 0. The first-order chi connectivity index (χ1) is 13.4. The topological polar surface area (TPSA) is 100 Å². The molecule has 0 spiro atoms. The molecule has 12 heteroatoms. The van der Waals surface area contributed by atoms with Gasteiger partial charge in [-0.15, -0.1) is 0 Å². The van der Waals surface area contributed by atoms with Crippen molar-refractivity contribution in [2.24, 2.45) is 5.41 Å². The molecule has 8 nitrogen and oxygen atoms in total. The smallest absolute Gasteiger partial charge is 0.469 e. The standard InChI is InChI=1S/C17H21F3NO7P/c1-16(2)10-26-29(24,27-12-6-4-11(5-7-12)17(18,19)20)28-14(16)15(23)21-9-8-13(22)25-3/h4-7,14H,8-10H2,1-3H3,(H,21,23)/t14-,29-/m0/s1. The number of esters is 1. The first kappa shape index (κ1) is 23.2. The van der Waals surface area contributed by atoms with Gasteiger partial charge < -0.3 is 14.6 Å². The number of alkyl halides is 3. The number of halogens is 3. The minimum absolute atomic E-state index is 0.0215. The molecule has 0 aliphatic carbocycles. The molecule has 0 saturated carbocycles. The molecule has 29 heavy (non-hydrogen) atoms. The Hall–Kier alpha value is -2.10. The molecular formula is C17H21F3NO7P. The maximum atomic E-state index is 12.8. The molecule has 1 fully saturated rings. The summed E-state index contributed by atoms with van der Waals surface area (Å²) in [7, 11) is -3.06. The molecule has 1 N–H and O–H groups in total. The lowest BCUT2D eigenvalue weighted by molar-refractivity contribution is -0.142.